The molecule has 0 spiro atoms. The number of hydrogen-bond acceptors (Lipinski definition) is 1. The molecule has 0 fully saturated rings. The van der Waals surface area contributed by atoms with Gasteiger partial charge in [0.15, 0.2) is 0 Å². The molecule has 0 radical (unpaired) electrons. The number of unbranched alkanes of at least 4 members (excludes halogenated alkanes) is 2. The van der Waals surface area contributed by atoms with Crippen molar-refractivity contribution in [2.24, 2.45) is 0 Å². The number of allylic oxidation sites excluding steroid dienone is 3. The summed E-state index contributed by atoms with van der Waals surface area (Å²) in [6.45, 7) is 9.69. The minimum Gasteiger partial charge on any atom is -0.478 e. The van der Waals surface area contributed by atoms with Crippen molar-refractivity contribution in [3.05, 3.63) is 53.1 Å². The van der Waals surface area contributed by atoms with Gasteiger partial charge in [-0.2, -0.15) is 0 Å². The molecule has 1 rings (SSSR count). The number of carboxylic acids is 1. The Hall–Kier alpha value is -1.83. The highest BCUT2D eigenvalue weighted by molar-refractivity contribution is 5.92. The standard InChI is InChI=1S/C17H22O2/c1-5-7-8-9-14(6-2)15-10-12(3)16(17(18)19)13(4)11-15/h6,9-11H,2,5,7-8H2,1,3-4H3,(H,18,19)/b14-9+. The molecule has 0 aliphatic heterocycles. The predicted octanol–water partition coefficient (Wildman–Crippen LogP) is 4.76. The van der Waals surface area contributed by atoms with Crippen molar-refractivity contribution in [2.45, 2.75) is 40.0 Å². The number of hydrogen-bond donors (Lipinski definition) is 1. The average molecular weight is 258 g/mol. The second-order valence-corrected chi connectivity index (χ2v) is 4.80. The first-order valence-electron chi connectivity index (χ1n) is 6.68. The summed E-state index contributed by atoms with van der Waals surface area (Å²) in [7, 11) is 0. The molecule has 0 saturated carbocycles. The summed E-state index contributed by atoms with van der Waals surface area (Å²) in [5.41, 5.74) is 4.12. The van der Waals surface area contributed by atoms with Crippen LogP contribution < -0.4 is 0 Å². The van der Waals surface area contributed by atoms with E-state index >= 15 is 0 Å². The van der Waals surface area contributed by atoms with Gasteiger partial charge in [0, 0.05) is 0 Å². The van der Waals surface area contributed by atoms with Gasteiger partial charge in [0.1, 0.15) is 0 Å². The molecule has 19 heavy (non-hydrogen) atoms. The van der Waals surface area contributed by atoms with Crippen molar-refractivity contribution < 1.29 is 9.90 Å². The van der Waals surface area contributed by atoms with Gasteiger partial charge >= 0.3 is 5.97 Å². The lowest BCUT2D eigenvalue weighted by atomic mass is 9.95. The molecular weight excluding hydrogens is 236 g/mol. The largest absolute Gasteiger partial charge is 0.478 e. The highest BCUT2D eigenvalue weighted by Crippen LogP contribution is 2.23. The Bertz CT molecular complexity index is 487. The molecule has 1 N–H and O–H groups in total. The minimum absolute atomic E-state index is 0.403. The van der Waals surface area contributed by atoms with Crippen LogP contribution in [0, 0.1) is 13.8 Å². The van der Waals surface area contributed by atoms with E-state index < -0.39 is 5.97 Å². The number of rotatable bonds is 6. The highest BCUT2D eigenvalue weighted by Gasteiger charge is 2.12. The monoisotopic (exact) mass is 258 g/mol. The zero-order chi connectivity index (χ0) is 14.4. The van der Waals surface area contributed by atoms with Crippen LogP contribution in [-0.4, -0.2) is 11.1 Å². The van der Waals surface area contributed by atoms with Gasteiger partial charge in [0.25, 0.3) is 0 Å². The van der Waals surface area contributed by atoms with Crippen LogP contribution in [-0.2, 0) is 0 Å². The van der Waals surface area contributed by atoms with Gasteiger partial charge in [-0.15, -0.1) is 0 Å². The van der Waals surface area contributed by atoms with E-state index in [4.69, 9.17) is 0 Å². The Kier molecular flexibility index (Phi) is 5.56. The number of aromatic carboxylic acids is 1. The SMILES string of the molecule is C=C/C(=C\CCCC)c1cc(C)c(C(=O)O)c(C)c1. The van der Waals surface area contributed by atoms with Crippen LogP contribution in [0.4, 0.5) is 0 Å². The molecule has 0 bridgehead atoms. The molecule has 0 unspecified atom stereocenters. The van der Waals surface area contributed by atoms with Crippen LogP contribution in [0.3, 0.4) is 0 Å². The minimum atomic E-state index is -0.864. The Morgan fingerprint density at radius 3 is 2.32 bits per heavy atom. The first-order valence-corrected chi connectivity index (χ1v) is 6.68. The molecule has 102 valence electrons. The van der Waals surface area contributed by atoms with Crippen molar-refractivity contribution in [3.63, 3.8) is 0 Å². The molecule has 0 aliphatic carbocycles. The zero-order valence-corrected chi connectivity index (χ0v) is 12.0. The van der Waals surface area contributed by atoms with Crippen LogP contribution in [0.15, 0.2) is 30.9 Å². The summed E-state index contributed by atoms with van der Waals surface area (Å²) in [5, 5.41) is 9.17. The smallest absolute Gasteiger partial charge is 0.336 e. The topological polar surface area (TPSA) is 37.3 Å². The maximum Gasteiger partial charge on any atom is 0.336 e. The summed E-state index contributed by atoms with van der Waals surface area (Å²) >= 11 is 0. The average Bonchev–Trinajstić information content (AvgIpc) is 2.33. The second kappa shape index (κ2) is 6.93. The van der Waals surface area contributed by atoms with Gasteiger partial charge in [0.05, 0.1) is 5.56 Å². The Balaban J connectivity index is 3.17. The van der Waals surface area contributed by atoms with Crippen molar-refractivity contribution in [2.75, 3.05) is 0 Å². The molecule has 0 heterocycles. The van der Waals surface area contributed by atoms with Gasteiger partial charge in [-0.3, -0.25) is 0 Å². The normalized spacial score (nSPS) is 11.4. The third-order valence-electron chi connectivity index (χ3n) is 3.22. The van der Waals surface area contributed by atoms with Crippen LogP contribution in [0.5, 0.6) is 0 Å². The predicted molar refractivity (Wildman–Crippen MR) is 80.6 cm³/mol. The lowest BCUT2D eigenvalue weighted by Gasteiger charge is -2.10. The maximum absolute atomic E-state index is 11.2. The lowest BCUT2D eigenvalue weighted by Crippen LogP contribution is -2.03. The van der Waals surface area contributed by atoms with Gasteiger partial charge in [0.2, 0.25) is 0 Å². The molecule has 0 atom stereocenters. The number of benzene rings is 1. The first kappa shape index (κ1) is 15.2. The molecule has 2 heteroatoms. The van der Waals surface area contributed by atoms with Crippen LogP contribution in [0.2, 0.25) is 0 Å². The third kappa shape index (κ3) is 3.82. The van der Waals surface area contributed by atoms with E-state index in [-0.39, 0.29) is 0 Å². The highest BCUT2D eigenvalue weighted by atomic mass is 16.4. The van der Waals surface area contributed by atoms with E-state index in [1.54, 1.807) is 0 Å². The van der Waals surface area contributed by atoms with Crippen LogP contribution >= 0.6 is 0 Å². The summed E-state index contributed by atoms with van der Waals surface area (Å²) in [6.07, 6.45) is 7.35. The number of carbonyl (C=O) groups is 1. The molecule has 0 aromatic heterocycles. The van der Waals surface area contributed by atoms with Crippen LogP contribution in [0.25, 0.3) is 5.57 Å². The van der Waals surface area contributed by atoms with Crippen molar-refractivity contribution >= 4 is 11.5 Å². The Morgan fingerprint density at radius 2 is 1.89 bits per heavy atom. The Morgan fingerprint density at radius 1 is 1.32 bits per heavy atom. The molecule has 2 nitrogen and oxygen atoms in total. The fourth-order valence-electron chi connectivity index (χ4n) is 2.25. The molecule has 0 saturated heterocycles. The fraction of sp³-hybridized carbons (Fsp3) is 0.353. The van der Waals surface area contributed by atoms with E-state index in [0.29, 0.717) is 5.56 Å². The van der Waals surface area contributed by atoms with E-state index in [1.807, 2.05) is 32.1 Å². The van der Waals surface area contributed by atoms with Gasteiger partial charge < -0.3 is 5.11 Å². The quantitative estimate of drug-likeness (QED) is 0.590. The third-order valence-corrected chi connectivity index (χ3v) is 3.22. The Labute approximate surface area is 115 Å². The van der Waals surface area contributed by atoms with Crippen molar-refractivity contribution in [1.29, 1.82) is 0 Å². The summed E-state index contributed by atoms with van der Waals surface area (Å²) in [4.78, 5) is 11.2. The van der Waals surface area contributed by atoms with Crippen molar-refractivity contribution in [1.82, 2.24) is 0 Å². The molecule has 1 aromatic carbocycles. The maximum atomic E-state index is 11.2. The van der Waals surface area contributed by atoms with Gasteiger partial charge in [-0.25, -0.2) is 4.79 Å². The summed E-state index contributed by atoms with van der Waals surface area (Å²) < 4.78 is 0. The zero-order valence-electron chi connectivity index (χ0n) is 12.0. The number of carboxylic acid groups (broad SMARTS) is 1. The van der Waals surface area contributed by atoms with Crippen molar-refractivity contribution in [3.8, 4) is 0 Å². The summed E-state index contributed by atoms with van der Waals surface area (Å²) in [6, 6.07) is 3.85. The van der Waals surface area contributed by atoms with E-state index in [9.17, 15) is 9.90 Å². The molecule has 1 aromatic rings. The second-order valence-electron chi connectivity index (χ2n) is 4.80. The van der Waals surface area contributed by atoms with Gasteiger partial charge in [-0.05, 0) is 42.5 Å². The van der Waals surface area contributed by atoms with E-state index in [0.717, 1.165) is 41.5 Å². The number of aryl methyl sites for hydroxylation is 2. The first-order chi connectivity index (χ1) is 9.01. The van der Waals surface area contributed by atoms with E-state index in [1.165, 1.54) is 0 Å². The lowest BCUT2D eigenvalue weighted by molar-refractivity contribution is 0.0695. The molecular formula is C17H22O2. The molecule has 0 amide bonds. The summed E-state index contributed by atoms with van der Waals surface area (Å²) in [5.74, 6) is -0.864. The van der Waals surface area contributed by atoms with Gasteiger partial charge in [-0.1, -0.05) is 50.6 Å². The fourth-order valence-corrected chi connectivity index (χ4v) is 2.25. The van der Waals surface area contributed by atoms with E-state index in [2.05, 4.69) is 19.6 Å². The molecule has 0 aliphatic rings. The van der Waals surface area contributed by atoms with Crippen LogP contribution in [0.1, 0.15) is 53.2 Å².